The summed E-state index contributed by atoms with van der Waals surface area (Å²) in [6, 6.07) is 0. The number of ether oxygens (including phenoxy) is 1. The van der Waals surface area contributed by atoms with Crippen molar-refractivity contribution < 1.29 is 9.53 Å². The van der Waals surface area contributed by atoms with Crippen molar-refractivity contribution in [3.8, 4) is 0 Å². The number of carbonyl (C=O) groups excluding carboxylic acids is 1. The molecule has 1 atom stereocenters. The largest absolute Gasteiger partial charge is 0.462 e. The molecule has 0 radical (unpaired) electrons. The van der Waals surface area contributed by atoms with E-state index < -0.39 is 0 Å². The van der Waals surface area contributed by atoms with Gasteiger partial charge in [-0.3, -0.25) is 4.68 Å². The van der Waals surface area contributed by atoms with Crippen LogP contribution in [0.25, 0.3) is 0 Å². The Kier molecular flexibility index (Phi) is 3.24. The van der Waals surface area contributed by atoms with Crippen LogP contribution in [0.5, 0.6) is 0 Å². The molecular formula is C11H17N3O2. The Morgan fingerprint density at radius 1 is 1.75 bits per heavy atom. The van der Waals surface area contributed by atoms with Crippen LogP contribution in [0.4, 0.5) is 0 Å². The van der Waals surface area contributed by atoms with E-state index in [1.807, 2.05) is 4.68 Å². The summed E-state index contributed by atoms with van der Waals surface area (Å²) in [6.07, 6.45) is 3.46. The molecule has 2 rings (SSSR count). The molecule has 0 saturated carbocycles. The van der Waals surface area contributed by atoms with Gasteiger partial charge in [0, 0.05) is 6.54 Å². The van der Waals surface area contributed by atoms with Crippen LogP contribution < -0.4 is 5.73 Å². The van der Waals surface area contributed by atoms with Crippen LogP contribution in [0.2, 0.25) is 0 Å². The molecule has 16 heavy (non-hydrogen) atoms. The van der Waals surface area contributed by atoms with Crippen molar-refractivity contribution in [2.24, 2.45) is 11.7 Å². The number of hydrogen-bond acceptors (Lipinski definition) is 4. The molecule has 5 heteroatoms. The number of esters is 1. The van der Waals surface area contributed by atoms with Crippen molar-refractivity contribution in [2.45, 2.75) is 26.3 Å². The zero-order valence-electron chi connectivity index (χ0n) is 9.48. The molecule has 0 aliphatic carbocycles. The van der Waals surface area contributed by atoms with Crippen molar-refractivity contribution >= 4 is 5.97 Å². The Balaban J connectivity index is 2.22. The highest BCUT2D eigenvalue weighted by Crippen LogP contribution is 2.22. The second kappa shape index (κ2) is 4.65. The topological polar surface area (TPSA) is 70.1 Å². The van der Waals surface area contributed by atoms with E-state index in [-0.39, 0.29) is 5.97 Å². The number of nitrogens with zero attached hydrogens (tertiary/aromatic N) is 2. The normalized spacial score (nSPS) is 19.2. The summed E-state index contributed by atoms with van der Waals surface area (Å²) in [6.45, 7) is 3.70. The summed E-state index contributed by atoms with van der Waals surface area (Å²) in [5.74, 6) is 0.179. The van der Waals surface area contributed by atoms with Crippen molar-refractivity contribution in [1.29, 1.82) is 0 Å². The van der Waals surface area contributed by atoms with Crippen LogP contribution in [0, 0.1) is 5.92 Å². The number of rotatable bonds is 3. The van der Waals surface area contributed by atoms with Gasteiger partial charge in [0.05, 0.1) is 18.5 Å². The second-order valence-corrected chi connectivity index (χ2v) is 4.04. The first kappa shape index (κ1) is 11.1. The van der Waals surface area contributed by atoms with Crippen LogP contribution in [-0.2, 0) is 17.7 Å². The molecule has 5 nitrogen and oxygen atoms in total. The molecular weight excluding hydrogens is 206 g/mol. The molecule has 1 unspecified atom stereocenters. The maximum atomic E-state index is 11.7. The molecule has 0 fully saturated rings. The van der Waals surface area contributed by atoms with E-state index in [2.05, 4.69) is 5.10 Å². The van der Waals surface area contributed by atoms with E-state index in [9.17, 15) is 4.79 Å². The van der Waals surface area contributed by atoms with E-state index in [0.29, 0.717) is 24.6 Å². The first-order chi connectivity index (χ1) is 7.76. The maximum absolute atomic E-state index is 11.7. The van der Waals surface area contributed by atoms with E-state index in [0.717, 1.165) is 25.1 Å². The van der Waals surface area contributed by atoms with Gasteiger partial charge in [0.1, 0.15) is 5.56 Å². The molecule has 1 aromatic heterocycles. The molecule has 2 heterocycles. The first-order valence-corrected chi connectivity index (χ1v) is 5.68. The van der Waals surface area contributed by atoms with Gasteiger partial charge >= 0.3 is 5.97 Å². The van der Waals surface area contributed by atoms with Gasteiger partial charge in [-0.05, 0) is 32.2 Å². The standard InChI is InChI=1S/C11H17N3O2/c1-2-16-11(15)9-7-13-14-4-3-8(6-12)5-10(9)14/h7-8H,2-6,12H2,1H3. The van der Waals surface area contributed by atoms with Crippen LogP contribution >= 0.6 is 0 Å². The fraction of sp³-hybridized carbons (Fsp3) is 0.636. The van der Waals surface area contributed by atoms with Gasteiger partial charge < -0.3 is 10.5 Å². The second-order valence-electron chi connectivity index (χ2n) is 4.04. The van der Waals surface area contributed by atoms with Gasteiger partial charge in [-0.25, -0.2) is 4.79 Å². The summed E-state index contributed by atoms with van der Waals surface area (Å²) < 4.78 is 6.89. The summed E-state index contributed by atoms with van der Waals surface area (Å²) in [5, 5.41) is 4.20. The Labute approximate surface area is 94.6 Å². The van der Waals surface area contributed by atoms with Gasteiger partial charge in [0.15, 0.2) is 0 Å². The van der Waals surface area contributed by atoms with Crippen LogP contribution in [-0.4, -0.2) is 28.9 Å². The van der Waals surface area contributed by atoms with E-state index in [1.54, 1.807) is 13.1 Å². The van der Waals surface area contributed by atoms with Gasteiger partial charge in [-0.1, -0.05) is 0 Å². The smallest absolute Gasteiger partial charge is 0.341 e. The van der Waals surface area contributed by atoms with Crippen LogP contribution in [0.15, 0.2) is 6.20 Å². The minimum atomic E-state index is -0.276. The zero-order valence-corrected chi connectivity index (χ0v) is 9.48. The Morgan fingerprint density at radius 2 is 2.56 bits per heavy atom. The van der Waals surface area contributed by atoms with Crippen molar-refractivity contribution in [1.82, 2.24) is 9.78 Å². The van der Waals surface area contributed by atoms with Crippen molar-refractivity contribution in [2.75, 3.05) is 13.2 Å². The molecule has 0 bridgehead atoms. The summed E-state index contributed by atoms with van der Waals surface area (Å²) in [4.78, 5) is 11.7. The van der Waals surface area contributed by atoms with Crippen LogP contribution in [0.1, 0.15) is 29.4 Å². The summed E-state index contributed by atoms with van der Waals surface area (Å²) in [7, 11) is 0. The lowest BCUT2D eigenvalue weighted by Gasteiger charge is -2.22. The maximum Gasteiger partial charge on any atom is 0.341 e. The number of carbonyl (C=O) groups is 1. The highest BCUT2D eigenvalue weighted by atomic mass is 16.5. The van der Waals surface area contributed by atoms with E-state index >= 15 is 0 Å². The van der Waals surface area contributed by atoms with Gasteiger partial charge in [-0.2, -0.15) is 5.10 Å². The third-order valence-electron chi connectivity index (χ3n) is 3.01. The lowest BCUT2D eigenvalue weighted by molar-refractivity contribution is 0.0524. The minimum absolute atomic E-state index is 0.276. The number of fused-ring (bicyclic) bond motifs is 1. The fourth-order valence-electron chi connectivity index (χ4n) is 2.08. The summed E-state index contributed by atoms with van der Waals surface area (Å²) >= 11 is 0. The van der Waals surface area contributed by atoms with E-state index in [1.165, 1.54) is 0 Å². The quantitative estimate of drug-likeness (QED) is 0.761. The van der Waals surface area contributed by atoms with E-state index in [4.69, 9.17) is 10.5 Å². The molecule has 1 aliphatic rings. The Bertz CT molecular complexity index is 387. The van der Waals surface area contributed by atoms with Crippen molar-refractivity contribution in [3.63, 3.8) is 0 Å². The molecule has 0 aromatic carbocycles. The minimum Gasteiger partial charge on any atom is -0.462 e. The lowest BCUT2D eigenvalue weighted by atomic mass is 9.95. The Morgan fingerprint density at radius 3 is 3.25 bits per heavy atom. The fourth-order valence-corrected chi connectivity index (χ4v) is 2.08. The first-order valence-electron chi connectivity index (χ1n) is 5.68. The third kappa shape index (κ3) is 1.95. The molecule has 1 aliphatic heterocycles. The average Bonchev–Trinajstić information content (AvgIpc) is 2.71. The van der Waals surface area contributed by atoms with Gasteiger partial charge in [0.25, 0.3) is 0 Å². The molecule has 88 valence electrons. The predicted octanol–water partition coefficient (Wildman–Crippen LogP) is 0.581. The Hall–Kier alpha value is -1.36. The SMILES string of the molecule is CCOC(=O)c1cnn2c1CC(CN)CC2. The molecule has 0 saturated heterocycles. The lowest BCUT2D eigenvalue weighted by Crippen LogP contribution is -2.26. The molecule has 0 amide bonds. The molecule has 2 N–H and O–H groups in total. The predicted molar refractivity (Wildman–Crippen MR) is 59.0 cm³/mol. The van der Waals surface area contributed by atoms with Gasteiger partial charge in [-0.15, -0.1) is 0 Å². The number of hydrogen-bond donors (Lipinski definition) is 1. The third-order valence-corrected chi connectivity index (χ3v) is 3.01. The number of aromatic nitrogens is 2. The highest BCUT2D eigenvalue weighted by Gasteiger charge is 2.24. The number of nitrogens with two attached hydrogens (primary N) is 1. The molecule has 1 aromatic rings. The van der Waals surface area contributed by atoms with Crippen LogP contribution in [0.3, 0.4) is 0 Å². The van der Waals surface area contributed by atoms with Gasteiger partial charge in [0.2, 0.25) is 0 Å². The molecule has 0 spiro atoms. The van der Waals surface area contributed by atoms with Crippen molar-refractivity contribution in [3.05, 3.63) is 17.5 Å². The highest BCUT2D eigenvalue weighted by molar-refractivity contribution is 5.90. The monoisotopic (exact) mass is 223 g/mol. The average molecular weight is 223 g/mol. The zero-order chi connectivity index (χ0) is 11.5. The summed E-state index contributed by atoms with van der Waals surface area (Å²) in [5.41, 5.74) is 7.24. The number of aryl methyl sites for hydroxylation is 1.